The summed E-state index contributed by atoms with van der Waals surface area (Å²) in [7, 11) is 0. The van der Waals surface area contributed by atoms with Crippen LogP contribution in [-0.2, 0) is 0 Å². The molecule has 1 aromatic heterocycles. The molecule has 0 fully saturated rings. The van der Waals surface area contributed by atoms with Crippen molar-refractivity contribution in [2.24, 2.45) is 0 Å². The van der Waals surface area contributed by atoms with E-state index in [1.165, 1.54) is 18.3 Å². The Balaban J connectivity index is 3.05. The number of carboxylic acids is 1. The standard InChI is InChI=1S/C14H20N2O4/c1-3-11(4-2)16(7-8-17)13(18)10-5-6-15-12(9-10)14(19)20/h5-6,9,11,17H,3-4,7-8H2,1-2H3,(H,19,20). The van der Waals surface area contributed by atoms with E-state index >= 15 is 0 Å². The largest absolute Gasteiger partial charge is 0.477 e. The fourth-order valence-corrected chi connectivity index (χ4v) is 2.13. The van der Waals surface area contributed by atoms with Gasteiger partial charge in [-0.15, -0.1) is 0 Å². The lowest BCUT2D eigenvalue weighted by molar-refractivity contribution is 0.0622. The van der Waals surface area contributed by atoms with Crippen LogP contribution >= 0.6 is 0 Å². The molecule has 0 aliphatic rings. The predicted octanol–water partition coefficient (Wildman–Crippen LogP) is 1.40. The van der Waals surface area contributed by atoms with Crippen LogP contribution in [0.15, 0.2) is 18.3 Å². The van der Waals surface area contributed by atoms with E-state index in [1.807, 2.05) is 13.8 Å². The van der Waals surface area contributed by atoms with Crippen molar-refractivity contribution in [1.82, 2.24) is 9.88 Å². The molecule has 1 aromatic rings. The molecule has 0 unspecified atom stereocenters. The molecule has 0 aromatic carbocycles. The van der Waals surface area contributed by atoms with Crippen molar-refractivity contribution in [3.63, 3.8) is 0 Å². The number of rotatable bonds is 7. The summed E-state index contributed by atoms with van der Waals surface area (Å²) in [4.78, 5) is 28.6. The Kier molecular flexibility index (Phi) is 6.11. The van der Waals surface area contributed by atoms with Crippen LogP contribution in [0.1, 0.15) is 47.5 Å². The second kappa shape index (κ2) is 7.59. The fourth-order valence-electron chi connectivity index (χ4n) is 2.13. The molecule has 1 amide bonds. The Morgan fingerprint density at radius 2 is 2.00 bits per heavy atom. The zero-order valence-corrected chi connectivity index (χ0v) is 11.7. The van der Waals surface area contributed by atoms with Gasteiger partial charge in [0.25, 0.3) is 5.91 Å². The second-order valence-electron chi connectivity index (χ2n) is 4.43. The van der Waals surface area contributed by atoms with Gasteiger partial charge in [0.2, 0.25) is 0 Å². The van der Waals surface area contributed by atoms with Crippen LogP contribution in [0.3, 0.4) is 0 Å². The number of amides is 1. The maximum atomic E-state index is 12.5. The number of nitrogens with zero attached hydrogens (tertiary/aromatic N) is 2. The quantitative estimate of drug-likeness (QED) is 0.788. The number of carbonyl (C=O) groups is 2. The number of aliphatic hydroxyl groups is 1. The fraction of sp³-hybridized carbons (Fsp3) is 0.500. The van der Waals surface area contributed by atoms with Crippen LogP contribution in [0.5, 0.6) is 0 Å². The van der Waals surface area contributed by atoms with E-state index in [0.29, 0.717) is 0 Å². The van der Waals surface area contributed by atoms with Gasteiger partial charge in [0, 0.05) is 24.3 Å². The molecule has 0 radical (unpaired) electrons. The number of carbonyl (C=O) groups excluding carboxylic acids is 1. The Morgan fingerprint density at radius 1 is 1.35 bits per heavy atom. The first kappa shape index (κ1) is 16.1. The lowest BCUT2D eigenvalue weighted by Gasteiger charge is -2.30. The molecule has 0 saturated carbocycles. The first-order valence-electron chi connectivity index (χ1n) is 6.66. The molecule has 6 nitrogen and oxygen atoms in total. The average Bonchev–Trinajstić information content (AvgIpc) is 2.47. The molecule has 2 N–H and O–H groups in total. The Hall–Kier alpha value is -1.95. The highest BCUT2D eigenvalue weighted by atomic mass is 16.4. The summed E-state index contributed by atoms with van der Waals surface area (Å²) >= 11 is 0. The van der Waals surface area contributed by atoms with E-state index in [9.17, 15) is 9.59 Å². The minimum Gasteiger partial charge on any atom is -0.477 e. The van der Waals surface area contributed by atoms with Crippen molar-refractivity contribution in [2.75, 3.05) is 13.2 Å². The first-order chi connectivity index (χ1) is 9.54. The van der Waals surface area contributed by atoms with Crippen molar-refractivity contribution in [2.45, 2.75) is 32.7 Å². The van der Waals surface area contributed by atoms with Crippen LogP contribution in [0.4, 0.5) is 0 Å². The predicted molar refractivity (Wildman–Crippen MR) is 73.7 cm³/mol. The summed E-state index contributed by atoms with van der Waals surface area (Å²) in [5, 5.41) is 18.0. The molecule has 0 bridgehead atoms. The van der Waals surface area contributed by atoms with E-state index in [4.69, 9.17) is 10.2 Å². The van der Waals surface area contributed by atoms with Gasteiger partial charge in [-0.3, -0.25) is 4.79 Å². The molecule has 6 heteroatoms. The maximum absolute atomic E-state index is 12.5. The zero-order chi connectivity index (χ0) is 15.1. The monoisotopic (exact) mass is 280 g/mol. The van der Waals surface area contributed by atoms with Crippen molar-refractivity contribution >= 4 is 11.9 Å². The van der Waals surface area contributed by atoms with Gasteiger partial charge in [-0.1, -0.05) is 13.8 Å². The third-order valence-corrected chi connectivity index (χ3v) is 3.21. The molecule has 0 spiro atoms. The Morgan fingerprint density at radius 3 is 2.50 bits per heavy atom. The highest BCUT2D eigenvalue weighted by Gasteiger charge is 2.22. The van der Waals surface area contributed by atoms with Gasteiger partial charge >= 0.3 is 5.97 Å². The molecule has 110 valence electrons. The molecule has 0 atom stereocenters. The lowest BCUT2D eigenvalue weighted by Crippen LogP contribution is -2.41. The average molecular weight is 280 g/mol. The number of aromatic nitrogens is 1. The molecule has 20 heavy (non-hydrogen) atoms. The van der Waals surface area contributed by atoms with Gasteiger partial charge in [0.15, 0.2) is 0 Å². The molecule has 0 aliphatic heterocycles. The van der Waals surface area contributed by atoms with Crippen LogP contribution in [-0.4, -0.2) is 51.2 Å². The van der Waals surface area contributed by atoms with Gasteiger partial charge < -0.3 is 15.1 Å². The third-order valence-electron chi connectivity index (χ3n) is 3.21. The Labute approximate surface area is 118 Å². The summed E-state index contributed by atoms with van der Waals surface area (Å²) in [6.07, 6.45) is 2.86. The van der Waals surface area contributed by atoms with E-state index in [-0.39, 0.29) is 36.4 Å². The van der Waals surface area contributed by atoms with E-state index in [0.717, 1.165) is 12.8 Å². The van der Waals surface area contributed by atoms with E-state index < -0.39 is 5.97 Å². The minimum atomic E-state index is -1.17. The Bertz CT molecular complexity index is 472. The van der Waals surface area contributed by atoms with Crippen LogP contribution in [0.2, 0.25) is 0 Å². The third kappa shape index (κ3) is 3.77. The number of hydrogen-bond acceptors (Lipinski definition) is 4. The van der Waals surface area contributed by atoms with Crippen LogP contribution in [0.25, 0.3) is 0 Å². The normalized spacial score (nSPS) is 10.6. The lowest BCUT2D eigenvalue weighted by atomic mass is 10.1. The van der Waals surface area contributed by atoms with Crippen molar-refractivity contribution in [3.05, 3.63) is 29.6 Å². The van der Waals surface area contributed by atoms with Crippen LogP contribution < -0.4 is 0 Å². The molecule has 0 aliphatic carbocycles. The molecule has 1 heterocycles. The summed E-state index contributed by atoms with van der Waals surface area (Å²) in [6.45, 7) is 4.05. The van der Waals surface area contributed by atoms with Gasteiger partial charge in [-0.05, 0) is 25.0 Å². The number of hydrogen-bond donors (Lipinski definition) is 2. The topological polar surface area (TPSA) is 90.7 Å². The van der Waals surface area contributed by atoms with Crippen molar-refractivity contribution in [3.8, 4) is 0 Å². The highest BCUT2D eigenvalue weighted by Crippen LogP contribution is 2.14. The maximum Gasteiger partial charge on any atom is 0.354 e. The SMILES string of the molecule is CCC(CC)N(CCO)C(=O)c1ccnc(C(=O)O)c1. The summed E-state index contributed by atoms with van der Waals surface area (Å²) in [6, 6.07) is 2.77. The second-order valence-corrected chi connectivity index (χ2v) is 4.43. The summed E-state index contributed by atoms with van der Waals surface area (Å²) < 4.78 is 0. The smallest absolute Gasteiger partial charge is 0.354 e. The molecule has 0 saturated heterocycles. The summed E-state index contributed by atoms with van der Waals surface area (Å²) in [5.41, 5.74) is 0.113. The van der Waals surface area contributed by atoms with Gasteiger partial charge in [-0.25, -0.2) is 9.78 Å². The number of pyridine rings is 1. The number of aromatic carboxylic acids is 1. The van der Waals surface area contributed by atoms with Crippen molar-refractivity contribution in [1.29, 1.82) is 0 Å². The molecular weight excluding hydrogens is 260 g/mol. The molecule has 1 rings (SSSR count). The van der Waals surface area contributed by atoms with E-state index in [2.05, 4.69) is 4.98 Å². The van der Waals surface area contributed by atoms with Crippen molar-refractivity contribution < 1.29 is 19.8 Å². The number of carboxylic acid groups (broad SMARTS) is 1. The number of aliphatic hydroxyl groups excluding tert-OH is 1. The summed E-state index contributed by atoms with van der Waals surface area (Å²) in [5.74, 6) is -1.45. The highest BCUT2D eigenvalue weighted by molar-refractivity contribution is 5.96. The van der Waals surface area contributed by atoms with E-state index in [1.54, 1.807) is 4.90 Å². The van der Waals surface area contributed by atoms with Gasteiger partial charge in [0.1, 0.15) is 5.69 Å². The van der Waals surface area contributed by atoms with Crippen LogP contribution in [0, 0.1) is 0 Å². The van der Waals surface area contributed by atoms with Gasteiger partial charge in [0.05, 0.1) is 6.61 Å². The van der Waals surface area contributed by atoms with Gasteiger partial charge in [-0.2, -0.15) is 0 Å². The molecular formula is C14H20N2O4. The zero-order valence-electron chi connectivity index (χ0n) is 11.7. The first-order valence-corrected chi connectivity index (χ1v) is 6.66. The minimum absolute atomic E-state index is 0.0242.